The molecule has 0 aromatic heterocycles. The SMILES string of the molecule is O=Nc1ccc(C(=O)Oc2cccc(/C=N\NC(=O)/C(=C/c3ccc4c(c3)OCO4)NC(=O)c3ccccc3)c2)cc1. The molecule has 1 heterocycles. The number of hydrazone groups is 1. The predicted molar refractivity (Wildman–Crippen MR) is 153 cm³/mol. The number of carbonyl (C=O) groups is 3. The first-order chi connectivity index (χ1) is 20.5. The summed E-state index contributed by atoms with van der Waals surface area (Å²) in [7, 11) is 0. The summed E-state index contributed by atoms with van der Waals surface area (Å²) in [5, 5.41) is 9.43. The number of rotatable bonds is 9. The summed E-state index contributed by atoms with van der Waals surface area (Å²) < 4.78 is 16.1. The monoisotopic (exact) mass is 562 g/mol. The Bertz CT molecular complexity index is 1700. The molecule has 0 fully saturated rings. The van der Waals surface area contributed by atoms with Crippen molar-refractivity contribution in [3.8, 4) is 17.2 Å². The van der Waals surface area contributed by atoms with Crippen LogP contribution in [0.2, 0.25) is 0 Å². The van der Waals surface area contributed by atoms with E-state index >= 15 is 0 Å². The van der Waals surface area contributed by atoms with Gasteiger partial charge in [-0.3, -0.25) is 9.59 Å². The van der Waals surface area contributed by atoms with Crippen molar-refractivity contribution >= 4 is 35.8 Å². The number of nitroso groups, excluding NO2 is 1. The molecule has 0 saturated carbocycles. The average Bonchev–Trinajstić information content (AvgIpc) is 3.49. The molecule has 4 aromatic carbocycles. The molecule has 4 aromatic rings. The van der Waals surface area contributed by atoms with Crippen molar-refractivity contribution in [3.05, 3.63) is 130 Å². The molecule has 1 aliphatic rings. The highest BCUT2D eigenvalue weighted by molar-refractivity contribution is 6.05. The summed E-state index contributed by atoms with van der Waals surface area (Å²) in [6, 6.07) is 25.7. The van der Waals surface area contributed by atoms with Crippen LogP contribution in [0.3, 0.4) is 0 Å². The first-order valence-electron chi connectivity index (χ1n) is 12.6. The highest BCUT2D eigenvalue weighted by Crippen LogP contribution is 2.33. The molecule has 2 N–H and O–H groups in total. The molecule has 0 saturated heterocycles. The van der Waals surface area contributed by atoms with Gasteiger partial charge >= 0.3 is 5.97 Å². The van der Waals surface area contributed by atoms with Crippen LogP contribution in [0.15, 0.2) is 113 Å². The number of ether oxygens (including phenoxy) is 3. The number of benzene rings is 4. The minimum absolute atomic E-state index is 0.0571. The van der Waals surface area contributed by atoms with Crippen molar-refractivity contribution < 1.29 is 28.6 Å². The van der Waals surface area contributed by atoms with Gasteiger partial charge in [0, 0.05) is 5.56 Å². The molecule has 0 aliphatic carbocycles. The van der Waals surface area contributed by atoms with Crippen LogP contribution in [0.1, 0.15) is 31.8 Å². The quantitative estimate of drug-likeness (QED) is 0.0733. The largest absolute Gasteiger partial charge is 0.454 e. The second-order valence-corrected chi connectivity index (χ2v) is 8.79. The van der Waals surface area contributed by atoms with E-state index in [1.165, 1.54) is 36.6 Å². The number of nitrogens with one attached hydrogen (secondary N) is 2. The average molecular weight is 563 g/mol. The van der Waals surface area contributed by atoms with Crippen LogP contribution in [-0.4, -0.2) is 30.8 Å². The number of nitrogens with zero attached hydrogens (tertiary/aromatic N) is 2. The molecule has 2 amide bonds. The fraction of sp³-hybridized carbons (Fsp3) is 0.0323. The molecule has 11 nitrogen and oxygen atoms in total. The van der Waals surface area contributed by atoms with Crippen LogP contribution in [0.5, 0.6) is 17.2 Å². The van der Waals surface area contributed by atoms with Gasteiger partial charge in [-0.25, -0.2) is 10.2 Å². The molecule has 0 unspecified atom stereocenters. The number of fused-ring (bicyclic) bond motifs is 1. The zero-order valence-corrected chi connectivity index (χ0v) is 21.9. The van der Waals surface area contributed by atoms with E-state index in [2.05, 4.69) is 21.0 Å². The number of esters is 1. The van der Waals surface area contributed by atoms with Crippen molar-refractivity contribution in [2.24, 2.45) is 10.3 Å². The van der Waals surface area contributed by atoms with E-state index in [0.29, 0.717) is 28.2 Å². The van der Waals surface area contributed by atoms with Crippen LogP contribution < -0.4 is 25.0 Å². The lowest BCUT2D eigenvalue weighted by Crippen LogP contribution is -2.32. The van der Waals surface area contributed by atoms with E-state index in [0.717, 1.165) is 0 Å². The zero-order valence-electron chi connectivity index (χ0n) is 21.9. The van der Waals surface area contributed by atoms with Gasteiger partial charge < -0.3 is 19.5 Å². The molecular formula is C31H22N4O7. The molecule has 1 aliphatic heterocycles. The van der Waals surface area contributed by atoms with Gasteiger partial charge in [0.05, 0.1) is 11.8 Å². The van der Waals surface area contributed by atoms with E-state index < -0.39 is 17.8 Å². The van der Waals surface area contributed by atoms with Crippen LogP contribution in [0.4, 0.5) is 5.69 Å². The smallest absolute Gasteiger partial charge is 0.343 e. The Balaban J connectivity index is 1.28. The van der Waals surface area contributed by atoms with Crippen LogP contribution in [-0.2, 0) is 4.79 Å². The summed E-state index contributed by atoms with van der Waals surface area (Å²) in [5.41, 5.74) is 4.27. The Hall–Kier alpha value is -6.10. The van der Waals surface area contributed by atoms with E-state index in [4.69, 9.17) is 14.2 Å². The summed E-state index contributed by atoms with van der Waals surface area (Å²) in [4.78, 5) is 48.9. The number of hydrogen-bond acceptors (Lipinski definition) is 9. The minimum Gasteiger partial charge on any atom is -0.454 e. The fourth-order valence-electron chi connectivity index (χ4n) is 3.82. The number of amides is 2. The third-order valence-corrected chi connectivity index (χ3v) is 5.89. The summed E-state index contributed by atoms with van der Waals surface area (Å²) in [6.07, 6.45) is 2.85. The lowest BCUT2D eigenvalue weighted by molar-refractivity contribution is -0.117. The van der Waals surface area contributed by atoms with Gasteiger partial charge in [0.1, 0.15) is 17.1 Å². The Morgan fingerprint density at radius 3 is 2.36 bits per heavy atom. The first-order valence-corrected chi connectivity index (χ1v) is 12.6. The molecule has 0 spiro atoms. The summed E-state index contributed by atoms with van der Waals surface area (Å²) in [6.45, 7) is 0.0991. The Morgan fingerprint density at radius 2 is 1.57 bits per heavy atom. The highest BCUT2D eigenvalue weighted by Gasteiger charge is 2.17. The topological polar surface area (TPSA) is 145 Å². The van der Waals surface area contributed by atoms with Crippen LogP contribution in [0.25, 0.3) is 6.08 Å². The minimum atomic E-state index is -0.677. The molecule has 42 heavy (non-hydrogen) atoms. The van der Waals surface area contributed by atoms with Crippen LogP contribution >= 0.6 is 0 Å². The predicted octanol–water partition coefficient (Wildman–Crippen LogP) is 4.95. The normalized spacial score (nSPS) is 12.0. The molecule has 0 bridgehead atoms. The first kappa shape index (κ1) is 27.5. The van der Waals surface area contributed by atoms with Gasteiger partial charge in [-0.1, -0.05) is 36.4 Å². The maximum Gasteiger partial charge on any atom is 0.343 e. The van der Waals surface area contributed by atoms with Crippen molar-refractivity contribution in [3.63, 3.8) is 0 Å². The summed E-state index contributed by atoms with van der Waals surface area (Å²) in [5.74, 6) is -0.436. The van der Waals surface area contributed by atoms with E-state index in [1.54, 1.807) is 72.8 Å². The fourth-order valence-corrected chi connectivity index (χ4v) is 3.82. The lowest BCUT2D eigenvalue weighted by atomic mass is 10.1. The summed E-state index contributed by atoms with van der Waals surface area (Å²) >= 11 is 0. The van der Waals surface area contributed by atoms with Crippen LogP contribution in [0, 0.1) is 4.91 Å². The van der Waals surface area contributed by atoms with Crippen molar-refractivity contribution in [2.75, 3.05) is 6.79 Å². The van der Waals surface area contributed by atoms with Crippen molar-refractivity contribution in [2.45, 2.75) is 0 Å². The standard InChI is InChI=1S/C31H22N4O7/c36-29(22-6-2-1-3-7-22)33-26(16-20-9-14-27-28(17-20)41-19-40-27)30(37)34-32-18-21-5-4-8-25(15-21)42-31(38)23-10-12-24(35-39)13-11-23/h1-18H,19H2,(H,33,36)(H,34,37)/b26-16-,32-18-. The molecular weight excluding hydrogens is 540 g/mol. The van der Waals surface area contributed by atoms with Crippen molar-refractivity contribution in [1.82, 2.24) is 10.7 Å². The Labute approximate surface area is 239 Å². The molecule has 208 valence electrons. The van der Waals surface area contributed by atoms with E-state index in [-0.39, 0.29) is 29.5 Å². The van der Waals surface area contributed by atoms with Gasteiger partial charge in [-0.15, -0.1) is 4.91 Å². The molecule has 0 radical (unpaired) electrons. The Kier molecular flexibility index (Phi) is 8.39. The second-order valence-electron chi connectivity index (χ2n) is 8.79. The van der Waals surface area contributed by atoms with Gasteiger partial charge in [-0.05, 0) is 83.0 Å². The Morgan fingerprint density at radius 1 is 0.786 bits per heavy atom. The number of carbonyl (C=O) groups excluding carboxylic acids is 3. The lowest BCUT2D eigenvalue weighted by Gasteiger charge is -2.09. The third kappa shape index (κ3) is 6.90. The highest BCUT2D eigenvalue weighted by atomic mass is 16.7. The molecule has 11 heteroatoms. The van der Waals surface area contributed by atoms with E-state index in [1.807, 2.05) is 0 Å². The van der Waals surface area contributed by atoms with Gasteiger partial charge in [0.2, 0.25) is 6.79 Å². The zero-order chi connectivity index (χ0) is 29.3. The number of hydrogen-bond donors (Lipinski definition) is 2. The van der Waals surface area contributed by atoms with Gasteiger partial charge in [0.15, 0.2) is 11.5 Å². The third-order valence-electron chi connectivity index (χ3n) is 5.89. The second kappa shape index (κ2) is 12.8. The maximum absolute atomic E-state index is 13.1. The van der Waals surface area contributed by atoms with E-state index in [9.17, 15) is 19.3 Å². The van der Waals surface area contributed by atoms with Crippen molar-refractivity contribution in [1.29, 1.82) is 0 Å². The van der Waals surface area contributed by atoms with Gasteiger partial charge in [-0.2, -0.15) is 5.10 Å². The maximum atomic E-state index is 13.1. The molecule has 5 rings (SSSR count). The molecule has 0 atom stereocenters. The van der Waals surface area contributed by atoms with Gasteiger partial charge in [0.25, 0.3) is 11.8 Å².